The van der Waals surface area contributed by atoms with Crippen molar-refractivity contribution in [3.8, 4) is 0 Å². The molecule has 0 saturated carbocycles. The second-order valence-electron chi connectivity index (χ2n) is 3.58. The van der Waals surface area contributed by atoms with Crippen LogP contribution >= 0.6 is 0 Å². The van der Waals surface area contributed by atoms with Gasteiger partial charge in [0.1, 0.15) is 5.76 Å². The molecule has 0 spiro atoms. The summed E-state index contributed by atoms with van der Waals surface area (Å²) in [5.41, 5.74) is 7.52. The third kappa shape index (κ3) is 2.21. The summed E-state index contributed by atoms with van der Waals surface area (Å²) < 4.78 is 32.2. The molecule has 0 aromatic carbocycles. The molecule has 0 amide bonds. The lowest BCUT2D eigenvalue weighted by molar-refractivity contribution is -0.00636. The lowest BCUT2D eigenvalue weighted by Gasteiger charge is -2.05. The van der Waals surface area contributed by atoms with Gasteiger partial charge in [0, 0.05) is 19.3 Å². The molecule has 0 bridgehead atoms. The van der Waals surface area contributed by atoms with Crippen molar-refractivity contribution in [3.05, 3.63) is 41.8 Å². The van der Waals surface area contributed by atoms with Gasteiger partial charge in [-0.25, -0.2) is 0 Å². The fraction of sp³-hybridized carbons (Fsp3) is 0.300. The van der Waals surface area contributed by atoms with Crippen LogP contribution in [0.5, 0.6) is 0 Å². The van der Waals surface area contributed by atoms with Gasteiger partial charge in [-0.15, -0.1) is 5.69 Å². The molecule has 0 radical (unpaired) electrons. The monoisotopic (exact) mass is 226 g/mol. The van der Waals surface area contributed by atoms with E-state index in [4.69, 9.17) is 10.2 Å². The number of halogens is 2. The van der Waals surface area contributed by atoms with Crippen LogP contribution in [-0.4, -0.2) is 9.78 Å². The van der Waals surface area contributed by atoms with Gasteiger partial charge in [-0.05, 0) is 12.1 Å². The van der Waals surface area contributed by atoms with E-state index in [0.29, 0.717) is 5.76 Å². The summed E-state index contributed by atoms with van der Waals surface area (Å²) in [5, 5.41) is 3.86. The fourth-order valence-corrected chi connectivity index (χ4v) is 1.31. The Kier molecular flexibility index (Phi) is 2.41. The molecule has 0 fully saturated rings. The number of aromatic nitrogens is 2. The zero-order valence-electron chi connectivity index (χ0n) is 8.58. The first-order valence-corrected chi connectivity index (χ1v) is 4.66. The second kappa shape index (κ2) is 3.62. The SMILES string of the molecule is CC(F)(F)c1ccc(Cn2cc([NH-])cn2)o1. The zero-order valence-corrected chi connectivity index (χ0v) is 8.58. The van der Waals surface area contributed by atoms with Crippen LogP contribution in [0.1, 0.15) is 18.4 Å². The minimum Gasteiger partial charge on any atom is -0.696 e. The van der Waals surface area contributed by atoms with Crippen LogP contribution in [0.15, 0.2) is 28.9 Å². The van der Waals surface area contributed by atoms with E-state index in [0.717, 1.165) is 6.92 Å². The molecule has 6 heteroatoms. The molecule has 0 saturated heterocycles. The largest absolute Gasteiger partial charge is 0.696 e. The molecule has 2 aromatic rings. The van der Waals surface area contributed by atoms with Gasteiger partial charge in [0.05, 0.1) is 6.54 Å². The summed E-state index contributed by atoms with van der Waals surface area (Å²) in [6.45, 7) is 1.03. The van der Waals surface area contributed by atoms with Crippen molar-refractivity contribution in [1.82, 2.24) is 9.78 Å². The van der Waals surface area contributed by atoms with Crippen LogP contribution in [0.25, 0.3) is 5.73 Å². The summed E-state index contributed by atoms with van der Waals surface area (Å²) in [5.74, 6) is -2.94. The van der Waals surface area contributed by atoms with Gasteiger partial charge in [-0.2, -0.15) is 13.9 Å². The Bertz CT molecular complexity index is 484. The molecule has 2 rings (SSSR count). The van der Waals surface area contributed by atoms with Gasteiger partial charge in [0.25, 0.3) is 0 Å². The summed E-state index contributed by atoms with van der Waals surface area (Å²) in [6.07, 6.45) is 2.87. The molecule has 0 aliphatic rings. The van der Waals surface area contributed by atoms with Gasteiger partial charge in [0.2, 0.25) is 0 Å². The first-order chi connectivity index (χ1) is 7.45. The van der Waals surface area contributed by atoms with Crippen molar-refractivity contribution in [2.24, 2.45) is 0 Å². The van der Waals surface area contributed by atoms with Gasteiger partial charge in [0.15, 0.2) is 5.76 Å². The van der Waals surface area contributed by atoms with Crippen LogP contribution in [0.2, 0.25) is 0 Å². The standard InChI is InChI=1S/C10H10F2N3O/c1-10(11,12)9-3-2-8(16-9)6-15-5-7(13)4-14-15/h2-5,13H,6H2,1H3/q-1. The third-order valence-electron chi connectivity index (χ3n) is 2.05. The number of furan rings is 1. The molecule has 86 valence electrons. The highest BCUT2D eigenvalue weighted by Gasteiger charge is 2.28. The Balaban J connectivity index is 2.14. The zero-order chi connectivity index (χ0) is 11.8. The van der Waals surface area contributed by atoms with Crippen molar-refractivity contribution in [2.45, 2.75) is 19.4 Å². The summed E-state index contributed by atoms with van der Waals surface area (Å²) >= 11 is 0. The van der Waals surface area contributed by atoms with Crippen LogP contribution in [0.4, 0.5) is 14.5 Å². The Morgan fingerprint density at radius 2 is 2.25 bits per heavy atom. The number of hydrogen-bond acceptors (Lipinski definition) is 2. The topological polar surface area (TPSA) is 54.8 Å². The predicted molar refractivity (Wildman–Crippen MR) is 53.6 cm³/mol. The second-order valence-corrected chi connectivity index (χ2v) is 3.58. The number of hydrogen-bond donors (Lipinski definition) is 0. The molecule has 1 N–H and O–H groups in total. The lowest BCUT2D eigenvalue weighted by Crippen LogP contribution is -2.05. The number of alkyl halides is 2. The minimum atomic E-state index is -2.97. The molecular formula is C10H10F2N3O-. The maximum absolute atomic E-state index is 12.9. The normalized spacial score (nSPS) is 11.9. The van der Waals surface area contributed by atoms with Crippen LogP contribution < -0.4 is 0 Å². The van der Waals surface area contributed by atoms with Gasteiger partial charge in [-0.3, -0.25) is 4.68 Å². The van der Waals surface area contributed by atoms with E-state index >= 15 is 0 Å². The molecule has 0 aliphatic heterocycles. The number of nitrogens with zero attached hydrogens (tertiary/aromatic N) is 2. The average Bonchev–Trinajstić information content (AvgIpc) is 2.74. The van der Waals surface area contributed by atoms with Gasteiger partial charge in [-0.1, -0.05) is 0 Å². The summed E-state index contributed by atoms with van der Waals surface area (Å²) in [4.78, 5) is 0. The number of rotatable bonds is 3. The van der Waals surface area contributed by atoms with Gasteiger partial charge < -0.3 is 10.2 Å². The van der Waals surface area contributed by atoms with Crippen molar-refractivity contribution in [3.63, 3.8) is 0 Å². The van der Waals surface area contributed by atoms with Crippen LogP contribution in [-0.2, 0) is 12.5 Å². The summed E-state index contributed by atoms with van der Waals surface area (Å²) in [7, 11) is 0. The quantitative estimate of drug-likeness (QED) is 0.806. The predicted octanol–water partition coefficient (Wildman–Crippen LogP) is 3.32. The number of nitrogens with one attached hydrogen (secondary N) is 1. The van der Waals surface area contributed by atoms with Crippen LogP contribution in [0.3, 0.4) is 0 Å². The van der Waals surface area contributed by atoms with E-state index in [9.17, 15) is 8.78 Å². The fourth-order valence-electron chi connectivity index (χ4n) is 1.31. The molecule has 4 nitrogen and oxygen atoms in total. The van der Waals surface area contributed by atoms with Crippen molar-refractivity contribution in [1.29, 1.82) is 0 Å². The van der Waals surface area contributed by atoms with E-state index in [2.05, 4.69) is 5.10 Å². The van der Waals surface area contributed by atoms with Crippen molar-refractivity contribution in [2.75, 3.05) is 0 Å². The highest BCUT2D eigenvalue weighted by molar-refractivity contribution is 5.36. The third-order valence-corrected chi connectivity index (χ3v) is 2.05. The van der Waals surface area contributed by atoms with E-state index in [-0.39, 0.29) is 18.0 Å². The summed E-state index contributed by atoms with van der Waals surface area (Å²) in [6, 6.07) is 2.73. The smallest absolute Gasteiger partial charge is 0.301 e. The lowest BCUT2D eigenvalue weighted by atomic mass is 10.3. The molecule has 16 heavy (non-hydrogen) atoms. The molecular weight excluding hydrogens is 216 g/mol. The van der Waals surface area contributed by atoms with E-state index < -0.39 is 5.92 Å². The molecule has 2 aromatic heterocycles. The highest BCUT2D eigenvalue weighted by atomic mass is 19.3. The average molecular weight is 226 g/mol. The Labute approximate surface area is 90.7 Å². The first-order valence-electron chi connectivity index (χ1n) is 4.66. The van der Waals surface area contributed by atoms with Crippen molar-refractivity contribution >= 4 is 5.69 Å². The Hall–Kier alpha value is -1.85. The highest BCUT2D eigenvalue weighted by Crippen LogP contribution is 2.28. The first kappa shape index (κ1) is 10.7. The Morgan fingerprint density at radius 1 is 1.50 bits per heavy atom. The van der Waals surface area contributed by atoms with Crippen LogP contribution in [0, 0.1) is 0 Å². The van der Waals surface area contributed by atoms with Crippen molar-refractivity contribution < 1.29 is 13.2 Å². The maximum Gasteiger partial charge on any atom is 0.301 e. The van der Waals surface area contributed by atoms with E-state index in [1.807, 2.05) is 0 Å². The molecule has 0 aliphatic carbocycles. The van der Waals surface area contributed by atoms with Gasteiger partial charge >= 0.3 is 5.92 Å². The minimum absolute atomic E-state index is 0.245. The molecule has 2 heterocycles. The van der Waals surface area contributed by atoms with E-state index in [1.165, 1.54) is 29.2 Å². The molecule has 0 unspecified atom stereocenters. The molecule has 0 atom stereocenters. The maximum atomic E-state index is 12.9. The Morgan fingerprint density at radius 3 is 2.75 bits per heavy atom. The van der Waals surface area contributed by atoms with E-state index in [1.54, 1.807) is 0 Å².